The number of hydrogen-bond acceptors (Lipinski definition) is 2. The lowest BCUT2D eigenvalue weighted by atomic mass is 9.59. The van der Waals surface area contributed by atoms with Gasteiger partial charge in [0.15, 0.2) is 5.78 Å². The molecule has 22 heavy (non-hydrogen) atoms. The Morgan fingerprint density at radius 3 is 2.91 bits per heavy atom. The molecule has 1 fully saturated rings. The minimum atomic E-state index is -0.172. The van der Waals surface area contributed by atoms with Gasteiger partial charge in [-0.2, -0.15) is 0 Å². The molecule has 4 rings (SSSR count). The summed E-state index contributed by atoms with van der Waals surface area (Å²) in [4.78, 5) is 12.0. The van der Waals surface area contributed by atoms with Crippen LogP contribution in [0.25, 0.3) is 0 Å². The Morgan fingerprint density at radius 2 is 2.14 bits per heavy atom. The quantitative estimate of drug-likeness (QED) is 0.795. The summed E-state index contributed by atoms with van der Waals surface area (Å²) < 4.78 is 0. The highest BCUT2D eigenvalue weighted by Crippen LogP contribution is 2.58. The maximum absolute atomic E-state index is 12.0. The summed E-state index contributed by atoms with van der Waals surface area (Å²) in [5.74, 6) is 1.62. The summed E-state index contributed by atoms with van der Waals surface area (Å²) in [7, 11) is 0. The van der Waals surface area contributed by atoms with Gasteiger partial charge in [-0.05, 0) is 73.2 Å². The van der Waals surface area contributed by atoms with Crippen LogP contribution in [0.1, 0.15) is 52.4 Å². The van der Waals surface area contributed by atoms with Crippen LogP contribution in [-0.2, 0) is 4.79 Å². The third-order valence-electron chi connectivity index (χ3n) is 6.91. The molecule has 0 amide bonds. The van der Waals surface area contributed by atoms with Gasteiger partial charge in [0.2, 0.25) is 0 Å². The monoisotopic (exact) mass is 298 g/mol. The van der Waals surface area contributed by atoms with Crippen molar-refractivity contribution in [3.8, 4) is 0 Å². The molecule has 118 valence electrons. The molecule has 2 heteroatoms. The first-order chi connectivity index (χ1) is 10.6. The van der Waals surface area contributed by atoms with E-state index < -0.39 is 0 Å². The molecule has 1 unspecified atom stereocenters. The minimum absolute atomic E-state index is 0.00600. The summed E-state index contributed by atoms with van der Waals surface area (Å²) in [5, 5.41) is 10.6. The number of carbonyl (C=O) groups is 1. The Morgan fingerprint density at radius 1 is 1.32 bits per heavy atom. The number of fused-ring (bicyclic) bond motifs is 4. The summed E-state index contributed by atoms with van der Waals surface area (Å²) >= 11 is 0. The largest absolute Gasteiger partial charge is 0.392 e. The normalized spacial score (nSPS) is 43.6. The molecule has 0 aromatic heterocycles. The lowest BCUT2D eigenvalue weighted by molar-refractivity contribution is -0.118. The van der Waals surface area contributed by atoms with Crippen LogP contribution in [0.4, 0.5) is 0 Å². The van der Waals surface area contributed by atoms with E-state index in [1.54, 1.807) is 0 Å². The van der Waals surface area contributed by atoms with Crippen molar-refractivity contribution in [1.82, 2.24) is 0 Å². The van der Waals surface area contributed by atoms with Gasteiger partial charge in [0.25, 0.3) is 0 Å². The van der Waals surface area contributed by atoms with Crippen molar-refractivity contribution in [1.29, 1.82) is 0 Å². The number of aliphatic hydroxyl groups excluding tert-OH is 1. The van der Waals surface area contributed by atoms with E-state index in [2.05, 4.69) is 26.0 Å². The predicted molar refractivity (Wildman–Crippen MR) is 87.2 cm³/mol. The zero-order valence-corrected chi connectivity index (χ0v) is 13.6. The lowest BCUT2D eigenvalue weighted by Gasteiger charge is -2.46. The van der Waals surface area contributed by atoms with Gasteiger partial charge in [0, 0.05) is 11.3 Å². The molecule has 4 aliphatic carbocycles. The van der Waals surface area contributed by atoms with Gasteiger partial charge in [-0.1, -0.05) is 26.0 Å². The number of carbonyl (C=O) groups excluding carboxylic acids is 1. The van der Waals surface area contributed by atoms with E-state index in [4.69, 9.17) is 0 Å². The molecule has 0 heterocycles. The molecular formula is C20H26O2. The SMILES string of the molecule is CC[C@]12C=CC3=C4CC(C)C(=O)C=C4CC[C@H]3[C@@H]1CC[C@@H]2O. The van der Waals surface area contributed by atoms with Gasteiger partial charge in [0.05, 0.1) is 6.10 Å². The highest BCUT2D eigenvalue weighted by molar-refractivity contribution is 5.94. The van der Waals surface area contributed by atoms with E-state index in [-0.39, 0.29) is 17.4 Å². The highest BCUT2D eigenvalue weighted by Gasteiger charge is 2.52. The molecule has 0 aromatic carbocycles. The van der Waals surface area contributed by atoms with Crippen LogP contribution in [-0.4, -0.2) is 17.0 Å². The molecule has 0 aliphatic heterocycles. The number of ketones is 1. The molecule has 1 N–H and O–H groups in total. The third-order valence-corrected chi connectivity index (χ3v) is 6.91. The van der Waals surface area contributed by atoms with Crippen molar-refractivity contribution in [3.63, 3.8) is 0 Å². The summed E-state index contributed by atoms with van der Waals surface area (Å²) in [6.07, 6.45) is 12.6. The second kappa shape index (κ2) is 4.92. The maximum Gasteiger partial charge on any atom is 0.159 e. The van der Waals surface area contributed by atoms with Gasteiger partial charge in [-0.25, -0.2) is 0 Å². The Hall–Kier alpha value is -1.15. The van der Waals surface area contributed by atoms with Crippen LogP contribution < -0.4 is 0 Å². The second-order valence-electron chi connectivity index (χ2n) is 7.76. The van der Waals surface area contributed by atoms with E-state index in [0.717, 1.165) is 38.5 Å². The molecule has 5 atom stereocenters. The maximum atomic E-state index is 12.0. The first-order valence-electron chi connectivity index (χ1n) is 8.92. The van der Waals surface area contributed by atoms with Crippen molar-refractivity contribution in [2.75, 3.05) is 0 Å². The van der Waals surface area contributed by atoms with Crippen LogP contribution in [0.15, 0.2) is 34.9 Å². The van der Waals surface area contributed by atoms with Crippen molar-refractivity contribution in [2.45, 2.75) is 58.5 Å². The molecule has 0 aromatic rings. The van der Waals surface area contributed by atoms with E-state index in [1.165, 1.54) is 16.7 Å². The van der Waals surface area contributed by atoms with Crippen LogP contribution in [0.3, 0.4) is 0 Å². The summed E-state index contributed by atoms with van der Waals surface area (Å²) in [6.45, 7) is 4.27. The smallest absolute Gasteiger partial charge is 0.159 e. The standard InChI is InChI=1S/C20H26O2/c1-3-20-9-8-14-15(17(20)6-7-19(20)22)5-4-13-11-18(21)12(2)10-16(13)14/h8-9,11-12,15,17,19,22H,3-7,10H2,1-2H3/t12?,15-,17+,19+,20+/m1/s1. The third kappa shape index (κ3) is 1.79. The molecular weight excluding hydrogens is 272 g/mol. The van der Waals surface area contributed by atoms with Crippen molar-refractivity contribution >= 4 is 5.78 Å². The van der Waals surface area contributed by atoms with Crippen LogP contribution in [0.2, 0.25) is 0 Å². The Labute approximate surface area is 133 Å². The van der Waals surface area contributed by atoms with Crippen LogP contribution in [0, 0.1) is 23.2 Å². The first-order valence-corrected chi connectivity index (χ1v) is 8.92. The Bertz CT molecular complexity index is 609. The minimum Gasteiger partial charge on any atom is -0.392 e. The van der Waals surface area contributed by atoms with Crippen molar-refractivity contribution in [3.05, 3.63) is 34.9 Å². The average Bonchev–Trinajstić information content (AvgIpc) is 2.86. The van der Waals surface area contributed by atoms with Crippen molar-refractivity contribution < 1.29 is 9.90 Å². The number of hydrogen-bond donors (Lipinski definition) is 1. The van der Waals surface area contributed by atoms with Crippen molar-refractivity contribution in [2.24, 2.45) is 23.2 Å². The molecule has 4 aliphatic rings. The molecule has 2 nitrogen and oxygen atoms in total. The fourth-order valence-electron chi connectivity index (χ4n) is 5.59. The fourth-order valence-corrected chi connectivity index (χ4v) is 5.59. The average molecular weight is 298 g/mol. The Kier molecular flexibility index (Phi) is 3.23. The molecule has 0 saturated heterocycles. The fraction of sp³-hybridized carbons (Fsp3) is 0.650. The van der Waals surface area contributed by atoms with E-state index in [1.807, 2.05) is 6.08 Å². The van der Waals surface area contributed by atoms with Crippen LogP contribution >= 0.6 is 0 Å². The molecule has 0 radical (unpaired) electrons. The van der Waals surface area contributed by atoms with Gasteiger partial charge < -0.3 is 5.11 Å². The van der Waals surface area contributed by atoms with Gasteiger partial charge in [0.1, 0.15) is 0 Å². The van der Waals surface area contributed by atoms with E-state index in [9.17, 15) is 9.90 Å². The number of aliphatic hydroxyl groups is 1. The zero-order chi connectivity index (χ0) is 15.5. The van der Waals surface area contributed by atoms with E-state index in [0.29, 0.717) is 17.6 Å². The number of allylic oxidation sites excluding steroid dienone is 5. The number of rotatable bonds is 1. The van der Waals surface area contributed by atoms with E-state index >= 15 is 0 Å². The summed E-state index contributed by atoms with van der Waals surface area (Å²) in [6, 6.07) is 0. The zero-order valence-electron chi connectivity index (χ0n) is 13.6. The predicted octanol–water partition coefficient (Wildman–Crippen LogP) is 3.97. The van der Waals surface area contributed by atoms with Gasteiger partial charge in [-0.15, -0.1) is 0 Å². The Balaban J connectivity index is 1.82. The molecule has 0 bridgehead atoms. The summed E-state index contributed by atoms with van der Waals surface area (Å²) in [5.41, 5.74) is 4.23. The van der Waals surface area contributed by atoms with Crippen LogP contribution in [0.5, 0.6) is 0 Å². The first kappa shape index (κ1) is 14.4. The second-order valence-corrected chi connectivity index (χ2v) is 7.76. The van der Waals surface area contributed by atoms with Gasteiger partial charge in [-0.3, -0.25) is 4.79 Å². The highest BCUT2D eigenvalue weighted by atomic mass is 16.3. The molecule has 1 saturated carbocycles. The van der Waals surface area contributed by atoms with Gasteiger partial charge >= 0.3 is 0 Å². The topological polar surface area (TPSA) is 37.3 Å². The molecule has 0 spiro atoms. The lowest BCUT2D eigenvalue weighted by Crippen LogP contribution is -2.41.